The van der Waals surface area contributed by atoms with E-state index in [-0.39, 0.29) is 11.8 Å². The van der Waals surface area contributed by atoms with Crippen LogP contribution < -0.4 is 10.2 Å². The van der Waals surface area contributed by atoms with Crippen molar-refractivity contribution in [3.63, 3.8) is 0 Å². The second-order valence-electron chi connectivity index (χ2n) is 7.00. The van der Waals surface area contributed by atoms with Gasteiger partial charge in [-0.05, 0) is 44.4 Å². The fourth-order valence-corrected chi connectivity index (χ4v) is 3.90. The van der Waals surface area contributed by atoms with Gasteiger partial charge in [-0.3, -0.25) is 4.79 Å². The third-order valence-electron chi connectivity index (χ3n) is 5.35. The van der Waals surface area contributed by atoms with Gasteiger partial charge in [-0.2, -0.15) is 0 Å². The second kappa shape index (κ2) is 6.98. The van der Waals surface area contributed by atoms with Gasteiger partial charge in [0.2, 0.25) is 5.91 Å². The van der Waals surface area contributed by atoms with E-state index in [2.05, 4.69) is 31.4 Å². The number of hydrogen-bond donors (Lipinski definition) is 1. The zero-order chi connectivity index (χ0) is 19.0. The number of carbonyl (C=O) groups is 1. The Kier molecular flexibility index (Phi) is 4.51. The van der Waals surface area contributed by atoms with Gasteiger partial charge in [-0.1, -0.05) is 11.2 Å². The molecule has 140 valence electrons. The molecule has 1 N–H and O–H groups in total. The Hall–Kier alpha value is -2.96. The molecule has 27 heavy (non-hydrogen) atoms. The molecule has 1 aliphatic rings. The molecular formula is C20H23N5O2. The molecule has 1 aliphatic heterocycles. The van der Waals surface area contributed by atoms with Crippen molar-refractivity contribution in [1.29, 1.82) is 0 Å². The zero-order valence-electron chi connectivity index (χ0n) is 15.8. The number of piperidine rings is 1. The highest BCUT2D eigenvalue weighted by molar-refractivity contribution is 5.93. The minimum absolute atomic E-state index is 0.0808. The molecular weight excluding hydrogens is 342 g/mol. The summed E-state index contributed by atoms with van der Waals surface area (Å²) in [5.74, 6) is 1.93. The highest BCUT2D eigenvalue weighted by atomic mass is 16.5. The van der Waals surface area contributed by atoms with Gasteiger partial charge in [0.15, 0.2) is 0 Å². The van der Waals surface area contributed by atoms with Crippen LogP contribution in [0, 0.1) is 19.8 Å². The summed E-state index contributed by atoms with van der Waals surface area (Å²) in [6, 6.07) is 6.17. The molecule has 0 aliphatic carbocycles. The first-order valence-electron chi connectivity index (χ1n) is 9.23. The van der Waals surface area contributed by atoms with Gasteiger partial charge >= 0.3 is 0 Å². The molecule has 0 saturated carbocycles. The van der Waals surface area contributed by atoms with Crippen molar-refractivity contribution in [3.05, 3.63) is 36.0 Å². The maximum absolute atomic E-state index is 11.9. The van der Waals surface area contributed by atoms with Gasteiger partial charge in [-0.25, -0.2) is 9.97 Å². The van der Waals surface area contributed by atoms with E-state index in [9.17, 15) is 4.79 Å². The number of amides is 1. The summed E-state index contributed by atoms with van der Waals surface area (Å²) in [4.78, 5) is 23.1. The van der Waals surface area contributed by atoms with Crippen LogP contribution in [0.25, 0.3) is 22.0 Å². The van der Waals surface area contributed by atoms with Gasteiger partial charge in [0.05, 0.1) is 11.2 Å². The Labute approximate surface area is 157 Å². The molecule has 3 aromatic rings. The molecule has 7 nitrogen and oxygen atoms in total. The van der Waals surface area contributed by atoms with Gasteiger partial charge < -0.3 is 14.7 Å². The maximum Gasteiger partial charge on any atom is 0.222 e. The quantitative estimate of drug-likeness (QED) is 0.768. The van der Waals surface area contributed by atoms with Crippen molar-refractivity contribution in [3.8, 4) is 11.1 Å². The van der Waals surface area contributed by atoms with Crippen LogP contribution in [0.1, 0.15) is 24.3 Å². The predicted molar refractivity (Wildman–Crippen MR) is 104 cm³/mol. The molecule has 7 heteroatoms. The van der Waals surface area contributed by atoms with E-state index in [0.717, 1.165) is 65.2 Å². The standard InChI is InChI=1S/C20H23N5O2/c1-12-18(13(2)27-24-12)15-4-5-17-16(10-15)19(23-11-22-17)25-8-6-14(7-9-25)20(26)21-3/h4-5,10-11,14H,6-9H2,1-3H3,(H,21,26). The lowest BCUT2D eigenvalue weighted by atomic mass is 9.95. The SMILES string of the molecule is CNC(=O)C1CCN(c2ncnc3ccc(-c4c(C)noc4C)cc23)CC1. The third kappa shape index (κ3) is 3.13. The van der Waals surface area contributed by atoms with Crippen molar-refractivity contribution in [1.82, 2.24) is 20.4 Å². The highest BCUT2D eigenvalue weighted by Gasteiger charge is 2.26. The molecule has 2 aromatic heterocycles. The summed E-state index contributed by atoms with van der Waals surface area (Å²) in [6.07, 6.45) is 3.27. The van der Waals surface area contributed by atoms with Crippen LogP contribution in [0.3, 0.4) is 0 Å². The first kappa shape index (κ1) is 17.5. The van der Waals surface area contributed by atoms with Crippen molar-refractivity contribution < 1.29 is 9.32 Å². The van der Waals surface area contributed by atoms with Crippen LogP contribution in [0.15, 0.2) is 29.0 Å². The summed E-state index contributed by atoms with van der Waals surface area (Å²) < 4.78 is 5.32. The number of nitrogens with one attached hydrogen (secondary N) is 1. The first-order chi connectivity index (χ1) is 13.1. The Morgan fingerprint density at radius 2 is 2.00 bits per heavy atom. The largest absolute Gasteiger partial charge is 0.361 e. The molecule has 1 fully saturated rings. The van der Waals surface area contributed by atoms with Crippen LogP contribution in [0.2, 0.25) is 0 Å². The molecule has 1 saturated heterocycles. The molecule has 4 rings (SSSR count). The average Bonchev–Trinajstić information content (AvgIpc) is 3.05. The van der Waals surface area contributed by atoms with Crippen molar-refractivity contribution in [2.75, 3.05) is 25.0 Å². The number of fused-ring (bicyclic) bond motifs is 1. The Balaban J connectivity index is 1.70. The molecule has 0 atom stereocenters. The molecule has 3 heterocycles. The Morgan fingerprint density at radius 3 is 2.67 bits per heavy atom. The topological polar surface area (TPSA) is 84.2 Å². The summed E-state index contributed by atoms with van der Waals surface area (Å²) in [7, 11) is 1.70. The summed E-state index contributed by atoms with van der Waals surface area (Å²) in [5.41, 5.74) is 3.85. The molecule has 1 aromatic carbocycles. The lowest BCUT2D eigenvalue weighted by molar-refractivity contribution is -0.125. The van der Waals surface area contributed by atoms with E-state index in [1.807, 2.05) is 26.0 Å². The monoisotopic (exact) mass is 365 g/mol. The predicted octanol–water partition coefficient (Wildman–Crippen LogP) is 2.86. The number of rotatable bonds is 3. The zero-order valence-corrected chi connectivity index (χ0v) is 15.8. The average molecular weight is 365 g/mol. The van der Waals surface area contributed by atoms with Crippen LogP contribution in [-0.4, -0.2) is 41.2 Å². The second-order valence-corrected chi connectivity index (χ2v) is 7.00. The molecule has 0 unspecified atom stereocenters. The number of hydrogen-bond acceptors (Lipinski definition) is 6. The normalized spacial score (nSPS) is 15.3. The van der Waals surface area contributed by atoms with Crippen LogP contribution in [-0.2, 0) is 4.79 Å². The van der Waals surface area contributed by atoms with Crippen molar-refractivity contribution in [2.24, 2.45) is 5.92 Å². The van der Waals surface area contributed by atoms with Gasteiger partial charge in [-0.15, -0.1) is 0 Å². The van der Waals surface area contributed by atoms with Crippen LogP contribution >= 0.6 is 0 Å². The number of benzene rings is 1. The summed E-state index contributed by atoms with van der Waals surface area (Å²) in [5, 5.41) is 7.83. The molecule has 0 radical (unpaired) electrons. The summed E-state index contributed by atoms with van der Waals surface area (Å²) >= 11 is 0. The maximum atomic E-state index is 11.9. The van der Waals surface area contributed by atoms with E-state index in [0.29, 0.717) is 0 Å². The number of anilines is 1. The fraction of sp³-hybridized carbons (Fsp3) is 0.400. The van der Waals surface area contributed by atoms with E-state index in [1.165, 1.54) is 0 Å². The molecule has 0 spiro atoms. The minimum atomic E-state index is 0.0808. The van der Waals surface area contributed by atoms with E-state index in [4.69, 9.17) is 4.52 Å². The van der Waals surface area contributed by atoms with E-state index in [1.54, 1.807) is 13.4 Å². The van der Waals surface area contributed by atoms with Gasteiger partial charge in [0.25, 0.3) is 0 Å². The molecule has 1 amide bonds. The fourth-order valence-electron chi connectivity index (χ4n) is 3.90. The number of nitrogens with zero attached hydrogens (tertiary/aromatic N) is 4. The Bertz CT molecular complexity index is 970. The van der Waals surface area contributed by atoms with Gasteiger partial charge in [0, 0.05) is 37.0 Å². The summed E-state index contributed by atoms with van der Waals surface area (Å²) in [6.45, 7) is 5.48. The van der Waals surface area contributed by atoms with E-state index >= 15 is 0 Å². The first-order valence-corrected chi connectivity index (χ1v) is 9.23. The number of carbonyl (C=O) groups excluding carboxylic acids is 1. The van der Waals surface area contributed by atoms with Crippen molar-refractivity contribution >= 4 is 22.6 Å². The van der Waals surface area contributed by atoms with Crippen LogP contribution in [0.5, 0.6) is 0 Å². The van der Waals surface area contributed by atoms with Crippen molar-refractivity contribution in [2.45, 2.75) is 26.7 Å². The van der Waals surface area contributed by atoms with E-state index < -0.39 is 0 Å². The highest BCUT2D eigenvalue weighted by Crippen LogP contribution is 2.33. The lowest BCUT2D eigenvalue weighted by Gasteiger charge is -2.32. The smallest absolute Gasteiger partial charge is 0.222 e. The Morgan fingerprint density at radius 1 is 1.22 bits per heavy atom. The number of aryl methyl sites for hydroxylation is 2. The third-order valence-corrected chi connectivity index (χ3v) is 5.35. The number of aromatic nitrogens is 3. The van der Waals surface area contributed by atoms with Crippen LogP contribution in [0.4, 0.5) is 5.82 Å². The molecule has 0 bridgehead atoms. The van der Waals surface area contributed by atoms with Gasteiger partial charge in [0.1, 0.15) is 17.9 Å². The lowest BCUT2D eigenvalue weighted by Crippen LogP contribution is -2.40. The minimum Gasteiger partial charge on any atom is -0.361 e.